The molecule has 2 aromatic carbocycles. The number of aromatic amines is 1. The number of hydrogen-bond donors (Lipinski definition) is 1. The molecule has 0 saturated carbocycles. The van der Waals surface area contributed by atoms with E-state index in [0.29, 0.717) is 10.9 Å². The second-order valence-corrected chi connectivity index (χ2v) is 5.45. The van der Waals surface area contributed by atoms with Crippen molar-refractivity contribution in [3.8, 4) is 22.4 Å². The minimum absolute atomic E-state index is 0.211. The molecular formula is C18H13N3O2. The van der Waals surface area contributed by atoms with Gasteiger partial charge in [-0.2, -0.15) is 0 Å². The molecule has 2 aromatic rings. The Hall–Kier alpha value is -3.21. The summed E-state index contributed by atoms with van der Waals surface area (Å²) in [6.07, 6.45) is 0. The number of aromatic nitrogens is 2. The van der Waals surface area contributed by atoms with Crippen LogP contribution in [0, 0.1) is 4.91 Å². The van der Waals surface area contributed by atoms with Crippen LogP contribution in [0.4, 0.5) is 5.69 Å². The van der Waals surface area contributed by atoms with Gasteiger partial charge in [0.15, 0.2) is 0 Å². The monoisotopic (exact) mass is 303 g/mol. The summed E-state index contributed by atoms with van der Waals surface area (Å²) in [5.74, 6) is 0. The van der Waals surface area contributed by atoms with Crippen molar-refractivity contribution in [3.05, 3.63) is 69.9 Å². The highest BCUT2D eigenvalue weighted by Crippen LogP contribution is 2.46. The lowest BCUT2D eigenvalue weighted by atomic mass is 10.0. The van der Waals surface area contributed by atoms with Crippen molar-refractivity contribution in [2.75, 3.05) is 0 Å². The molecule has 1 heterocycles. The molecular weight excluding hydrogens is 290 g/mol. The minimum Gasteiger partial charge on any atom is -0.295 e. The standard InChI is InChI=1S/C18H13N3O2/c1-21-18(22)15-14(16(19-21)11-7-3-2-4-8-11)12-9-5-6-10-13(12)17(15)20-23/h2-10,19H,1H3. The van der Waals surface area contributed by atoms with Crippen LogP contribution in [0.1, 0.15) is 0 Å². The summed E-state index contributed by atoms with van der Waals surface area (Å²) in [4.78, 5) is 24.0. The highest BCUT2D eigenvalue weighted by molar-refractivity contribution is 6.15. The predicted molar refractivity (Wildman–Crippen MR) is 91.1 cm³/mol. The highest BCUT2D eigenvalue weighted by Gasteiger charge is 2.26. The number of benzene rings is 2. The van der Waals surface area contributed by atoms with Gasteiger partial charge in [-0.15, -0.1) is 4.91 Å². The maximum atomic E-state index is 12.6. The van der Waals surface area contributed by atoms with E-state index in [0.717, 1.165) is 22.2 Å². The summed E-state index contributed by atoms with van der Waals surface area (Å²) in [5, 5.41) is 7.82. The topological polar surface area (TPSA) is 67.2 Å². The average Bonchev–Trinajstić information content (AvgIpc) is 2.93. The normalized spacial score (nSPS) is 11.2. The first-order valence-corrected chi connectivity index (χ1v) is 7.24. The number of aryl methyl sites for hydroxylation is 1. The number of nitrogens with one attached hydrogen (secondary N) is 1. The molecule has 0 amide bonds. The second kappa shape index (κ2) is 4.91. The van der Waals surface area contributed by atoms with Gasteiger partial charge in [-0.3, -0.25) is 14.6 Å². The Labute approximate surface area is 131 Å². The van der Waals surface area contributed by atoms with Crippen LogP contribution in [-0.2, 0) is 7.05 Å². The van der Waals surface area contributed by atoms with Crippen LogP contribution < -0.4 is 5.56 Å². The van der Waals surface area contributed by atoms with E-state index in [9.17, 15) is 9.70 Å². The zero-order chi connectivity index (χ0) is 16.0. The molecule has 0 unspecified atom stereocenters. The molecule has 23 heavy (non-hydrogen) atoms. The van der Waals surface area contributed by atoms with Crippen molar-refractivity contribution in [3.63, 3.8) is 0 Å². The predicted octanol–water partition coefficient (Wildman–Crippen LogP) is 4.04. The lowest BCUT2D eigenvalue weighted by molar-refractivity contribution is 0.715. The van der Waals surface area contributed by atoms with Crippen molar-refractivity contribution in [1.82, 2.24) is 9.78 Å². The van der Waals surface area contributed by atoms with Crippen LogP contribution >= 0.6 is 0 Å². The molecule has 0 aromatic heterocycles. The van der Waals surface area contributed by atoms with Gasteiger partial charge < -0.3 is 0 Å². The van der Waals surface area contributed by atoms with Crippen LogP contribution in [-0.4, -0.2) is 9.78 Å². The lowest BCUT2D eigenvalue weighted by Crippen LogP contribution is -2.22. The van der Waals surface area contributed by atoms with E-state index in [1.807, 2.05) is 54.6 Å². The van der Waals surface area contributed by atoms with Crippen molar-refractivity contribution in [1.29, 1.82) is 0 Å². The van der Waals surface area contributed by atoms with Gasteiger partial charge in [0.2, 0.25) is 0 Å². The molecule has 1 aliphatic heterocycles. The maximum absolute atomic E-state index is 12.6. The minimum atomic E-state index is -0.259. The number of rotatable bonds is 2. The zero-order valence-corrected chi connectivity index (χ0v) is 12.4. The quantitative estimate of drug-likeness (QED) is 0.568. The largest absolute Gasteiger partial charge is 0.295 e. The second-order valence-electron chi connectivity index (χ2n) is 5.45. The van der Waals surface area contributed by atoms with Gasteiger partial charge in [-0.25, -0.2) is 0 Å². The van der Waals surface area contributed by atoms with E-state index in [1.54, 1.807) is 7.05 Å². The van der Waals surface area contributed by atoms with E-state index in [-0.39, 0.29) is 11.2 Å². The Morgan fingerprint density at radius 2 is 1.57 bits per heavy atom. The Morgan fingerprint density at radius 1 is 0.913 bits per heavy atom. The van der Waals surface area contributed by atoms with Gasteiger partial charge in [0.05, 0.1) is 11.3 Å². The number of fused-ring (bicyclic) bond motifs is 3. The number of nitrogens with zero attached hydrogens (tertiary/aromatic N) is 2. The van der Waals surface area contributed by atoms with Crippen LogP contribution in [0.5, 0.6) is 0 Å². The molecule has 0 spiro atoms. The first kappa shape index (κ1) is 13.5. The summed E-state index contributed by atoms with van der Waals surface area (Å²) in [6, 6.07) is 17.2. The van der Waals surface area contributed by atoms with Crippen molar-refractivity contribution < 1.29 is 0 Å². The third-order valence-electron chi connectivity index (χ3n) is 4.14. The van der Waals surface area contributed by atoms with Gasteiger partial charge in [0.25, 0.3) is 5.56 Å². The van der Waals surface area contributed by atoms with Crippen LogP contribution in [0.3, 0.4) is 0 Å². The summed E-state index contributed by atoms with van der Waals surface area (Å²) in [7, 11) is 1.64. The van der Waals surface area contributed by atoms with Crippen molar-refractivity contribution >= 4 is 16.5 Å². The molecule has 4 rings (SSSR count). The molecule has 112 valence electrons. The molecule has 0 fully saturated rings. The SMILES string of the molecule is Cn1[nH]c(-c2ccccc2)c2c3ccccc3c(N=O)c-2c1=O. The molecule has 5 heteroatoms. The van der Waals surface area contributed by atoms with Gasteiger partial charge in [0.1, 0.15) is 5.69 Å². The van der Waals surface area contributed by atoms with Crippen LogP contribution in [0.15, 0.2) is 64.6 Å². The van der Waals surface area contributed by atoms with E-state index < -0.39 is 0 Å². The Bertz CT molecular complexity index is 1060. The van der Waals surface area contributed by atoms with Crippen molar-refractivity contribution in [2.45, 2.75) is 0 Å². The van der Waals surface area contributed by atoms with Gasteiger partial charge in [0, 0.05) is 23.6 Å². The maximum Gasteiger partial charge on any atom is 0.274 e. The zero-order valence-electron chi connectivity index (χ0n) is 12.4. The number of hydrogen-bond acceptors (Lipinski definition) is 3. The molecule has 1 N–H and O–H groups in total. The Kier molecular flexibility index (Phi) is 2.87. The van der Waals surface area contributed by atoms with E-state index in [1.165, 1.54) is 4.68 Å². The Morgan fingerprint density at radius 3 is 2.26 bits per heavy atom. The summed E-state index contributed by atoms with van der Waals surface area (Å²) >= 11 is 0. The molecule has 2 aliphatic rings. The average molecular weight is 303 g/mol. The third-order valence-corrected chi connectivity index (χ3v) is 4.14. The summed E-state index contributed by atoms with van der Waals surface area (Å²) in [5.41, 5.74) is 2.80. The molecule has 5 nitrogen and oxygen atoms in total. The highest BCUT2D eigenvalue weighted by atomic mass is 16.3. The third kappa shape index (κ3) is 1.83. The lowest BCUT2D eigenvalue weighted by Gasteiger charge is -2.12. The fourth-order valence-corrected chi connectivity index (χ4v) is 3.11. The Balaban J connectivity index is 2.27. The first-order chi connectivity index (χ1) is 11.2. The van der Waals surface area contributed by atoms with Crippen LogP contribution in [0.25, 0.3) is 33.2 Å². The molecule has 0 radical (unpaired) electrons. The van der Waals surface area contributed by atoms with E-state index in [4.69, 9.17) is 0 Å². The molecule has 0 atom stereocenters. The summed E-state index contributed by atoms with van der Waals surface area (Å²) < 4.78 is 1.39. The summed E-state index contributed by atoms with van der Waals surface area (Å²) in [6.45, 7) is 0. The fraction of sp³-hybridized carbons (Fsp3) is 0.0556. The molecule has 1 aliphatic carbocycles. The van der Waals surface area contributed by atoms with Crippen molar-refractivity contribution in [2.24, 2.45) is 12.2 Å². The first-order valence-electron chi connectivity index (χ1n) is 7.24. The molecule has 0 saturated heterocycles. The van der Waals surface area contributed by atoms with Crippen LogP contribution in [0.2, 0.25) is 0 Å². The number of nitroso groups, excluding NO2 is 1. The van der Waals surface area contributed by atoms with Gasteiger partial charge in [-0.1, -0.05) is 54.6 Å². The fourth-order valence-electron chi connectivity index (χ4n) is 3.11. The number of H-pyrrole nitrogens is 1. The van der Waals surface area contributed by atoms with Gasteiger partial charge in [-0.05, 0) is 10.6 Å². The van der Waals surface area contributed by atoms with Gasteiger partial charge >= 0.3 is 0 Å². The van der Waals surface area contributed by atoms with E-state index in [2.05, 4.69) is 10.3 Å². The smallest absolute Gasteiger partial charge is 0.274 e. The molecule has 0 bridgehead atoms. The van der Waals surface area contributed by atoms with E-state index >= 15 is 0 Å².